The van der Waals surface area contributed by atoms with Gasteiger partial charge in [0.1, 0.15) is 6.07 Å². The Kier molecular flexibility index (Phi) is 6.71. The molecule has 0 spiro atoms. The maximum atomic E-state index is 12.6. The van der Waals surface area contributed by atoms with E-state index in [9.17, 15) is 10.1 Å². The number of hydrogen-bond donors (Lipinski definition) is 2. The lowest BCUT2D eigenvalue weighted by molar-refractivity contribution is 0.0951. The maximum absolute atomic E-state index is 12.6. The molecule has 1 saturated heterocycles. The summed E-state index contributed by atoms with van der Waals surface area (Å²) < 4.78 is 0. The van der Waals surface area contributed by atoms with Crippen LogP contribution in [0.4, 0.5) is 11.4 Å². The Morgan fingerprint density at radius 1 is 1.15 bits per heavy atom. The number of piperidine rings is 1. The van der Waals surface area contributed by atoms with Crippen LogP contribution >= 0.6 is 0 Å². The first-order chi connectivity index (χ1) is 16.0. The second-order valence-corrected chi connectivity index (χ2v) is 8.77. The Balaban J connectivity index is 1.51. The van der Waals surface area contributed by atoms with E-state index >= 15 is 0 Å². The number of nitrogen functional groups attached to an aromatic ring is 1. The SMILES string of the molecule is CC1CCC[C@@H](C)N1Cc1cnc(-c2ccc(C(=O)Nc3ccccc3N)cc2)c(C#N)c1. The fourth-order valence-electron chi connectivity index (χ4n) is 4.49. The quantitative estimate of drug-likeness (QED) is 0.532. The molecule has 0 radical (unpaired) electrons. The summed E-state index contributed by atoms with van der Waals surface area (Å²) in [5.74, 6) is -0.243. The molecule has 3 aromatic rings. The summed E-state index contributed by atoms with van der Waals surface area (Å²) in [7, 11) is 0. The molecule has 1 aliphatic heterocycles. The van der Waals surface area contributed by atoms with E-state index in [1.54, 1.807) is 24.3 Å². The van der Waals surface area contributed by atoms with E-state index in [2.05, 4.69) is 35.1 Å². The lowest BCUT2D eigenvalue weighted by Gasteiger charge is -2.39. The highest BCUT2D eigenvalue weighted by Gasteiger charge is 2.25. The van der Waals surface area contributed by atoms with Crippen LogP contribution in [0.15, 0.2) is 60.8 Å². The molecule has 6 heteroatoms. The minimum Gasteiger partial charge on any atom is -0.397 e. The smallest absolute Gasteiger partial charge is 0.255 e. The molecule has 0 aliphatic carbocycles. The van der Waals surface area contributed by atoms with Crippen molar-refractivity contribution in [3.05, 3.63) is 77.5 Å². The largest absolute Gasteiger partial charge is 0.397 e. The van der Waals surface area contributed by atoms with Gasteiger partial charge in [0.05, 0.1) is 22.6 Å². The Hall–Kier alpha value is -3.69. The average molecular weight is 440 g/mol. The standard InChI is InChI=1S/C27H29N5O/c1-18-6-5-7-19(2)32(18)17-20-14-23(15-28)26(30-16-20)21-10-12-22(13-11-21)27(33)31-25-9-4-3-8-24(25)29/h3-4,8-14,16,18-19H,5-7,17,29H2,1-2H3,(H,31,33)/t18-,19?/m1/s1. The highest BCUT2D eigenvalue weighted by molar-refractivity contribution is 6.05. The Morgan fingerprint density at radius 2 is 1.85 bits per heavy atom. The van der Waals surface area contributed by atoms with Crippen molar-refractivity contribution in [3.8, 4) is 17.3 Å². The van der Waals surface area contributed by atoms with Gasteiger partial charge in [-0.1, -0.05) is 30.7 Å². The molecule has 0 bridgehead atoms. The van der Waals surface area contributed by atoms with Gasteiger partial charge < -0.3 is 11.1 Å². The zero-order chi connectivity index (χ0) is 23.4. The number of amides is 1. The molecule has 1 amide bonds. The van der Waals surface area contributed by atoms with Crippen LogP contribution in [0.2, 0.25) is 0 Å². The zero-order valence-electron chi connectivity index (χ0n) is 19.1. The summed E-state index contributed by atoms with van der Waals surface area (Å²) in [6, 6.07) is 19.5. The minimum absolute atomic E-state index is 0.243. The predicted molar refractivity (Wildman–Crippen MR) is 132 cm³/mol. The zero-order valence-corrected chi connectivity index (χ0v) is 19.1. The van der Waals surface area contributed by atoms with Crippen LogP contribution in [0.5, 0.6) is 0 Å². The molecule has 1 aromatic heterocycles. The van der Waals surface area contributed by atoms with Gasteiger partial charge in [-0.2, -0.15) is 5.26 Å². The van der Waals surface area contributed by atoms with Crippen molar-refractivity contribution in [3.63, 3.8) is 0 Å². The van der Waals surface area contributed by atoms with Crippen LogP contribution in [0.1, 0.15) is 54.6 Å². The fraction of sp³-hybridized carbons (Fsp3) is 0.296. The van der Waals surface area contributed by atoms with Crippen molar-refractivity contribution < 1.29 is 4.79 Å². The summed E-state index contributed by atoms with van der Waals surface area (Å²) in [5, 5.41) is 12.6. The molecule has 1 fully saturated rings. The number of nitrogens with one attached hydrogen (secondary N) is 1. The van der Waals surface area contributed by atoms with E-state index in [0.717, 1.165) is 17.7 Å². The molecule has 2 heterocycles. The van der Waals surface area contributed by atoms with Crippen LogP contribution in [0, 0.1) is 11.3 Å². The average Bonchev–Trinajstić information content (AvgIpc) is 2.83. The molecular formula is C27H29N5O. The number of carbonyl (C=O) groups excluding carboxylic acids is 1. The molecule has 2 atom stereocenters. The molecule has 1 aliphatic rings. The summed E-state index contributed by atoms with van der Waals surface area (Å²) >= 11 is 0. The monoisotopic (exact) mass is 439 g/mol. The fourth-order valence-corrected chi connectivity index (χ4v) is 4.49. The van der Waals surface area contributed by atoms with Crippen molar-refractivity contribution in [2.75, 3.05) is 11.1 Å². The number of rotatable bonds is 5. The number of benzene rings is 2. The summed E-state index contributed by atoms with van der Waals surface area (Å²) in [4.78, 5) is 19.7. The molecule has 1 unspecified atom stereocenters. The molecule has 4 rings (SSSR count). The van der Waals surface area contributed by atoms with Crippen LogP contribution in [-0.2, 0) is 6.54 Å². The van der Waals surface area contributed by atoms with Gasteiger partial charge in [-0.3, -0.25) is 14.7 Å². The molecule has 6 nitrogen and oxygen atoms in total. The number of anilines is 2. The number of aromatic nitrogens is 1. The Morgan fingerprint density at radius 3 is 2.52 bits per heavy atom. The van der Waals surface area contributed by atoms with Crippen molar-refractivity contribution in [1.29, 1.82) is 5.26 Å². The second kappa shape index (κ2) is 9.85. The summed E-state index contributed by atoms with van der Waals surface area (Å²) in [6.07, 6.45) is 5.55. The lowest BCUT2D eigenvalue weighted by Crippen LogP contribution is -2.42. The van der Waals surface area contributed by atoms with Crippen molar-refractivity contribution in [2.45, 2.75) is 51.7 Å². The topological polar surface area (TPSA) is 95.0 Å². The van der Waals surface area contributed by atoms with Crippen molar-refractivity contribution in [2.24, 2.45) is 0 Å². The molecular weight excluding hydrogens is 410 g/mol. The first-order valence-electron chi connectivity index (χ1n) is 11.4. The maximum Gasteiger partial charge on any atom is 0.255 e. The number of nitrogens with two attached hydrogens (primary N) is 1. The van der Waals surface area contributed by atoms with Gasteiger partial charge in [0.15, 0.2) is 0 Å². The van der Waals surface area contributed by atoms with Crippen LogP contribution in [0.3, 0.4) is 0 Å². The van der Waals surface area contributed by atoms with Gasteiger partial charge in [0, 0.05) is 36.0 Å². The number of para-hydroxylation sites is 2. The van der Waals surface area contributed by atoms with Gasteiger partial charge in [-0.25, -0.2) is 0 Å². The van der Waals surface area contributed by atoms with Crippen LogP contribution in [-0.4, -0.2) is 27.9 Å². The predicted octanol–water partition coefficient (Wildman–Crippen LogP) is 5.22. The number of nitriles is 1. The first-order valence-corrected chi connectivity index (χ1v) is 11.4. The van der Waals surface area contributed by atoms with Gasteiger partial charge in [-0.05, 0) is 62.6 Å². The van der Waals surface area contributed by atoms with Gasteiger partial charge in [-0.15, -0.1) is 0 Å². The number of hydrogen-bond acceptors (Lipinski definition) is 5. The van der Waals surface area contributed by atoms with Gasteiger partial charge >= 0.3 is 0 Å². The van der Waals surface area contributed by atoms with E-state index < -0.39 is 0 Å². The van der Waals surface area contributed by atoms with E-state index in [4.69, 9.17) is 5.73 Å². The first kappa shape index (κ1) is 22.5. The van der Waals surface area contributed by atoms with Crippen molar-refractivity contribution in [1.82, 2.24) is 9.88 Å². The second-order valence-electron chi connectivity index (χ2n) is 8.77. The number of nitrogens with zero attached hydrogens (tertiary/aromatic N) is 3. The third-order valence-corrected chi connectivity index (χ3v) is 6.44. The Labute approximate surface area is 195 Å². The van der Waals surface area contributed by atoms with Gasteiger partial charge in [0.25, 0.3) is 5.91 Å². The summed E-state index contributed by atoms with van der Waals surface area (Å²) in [6.45, 7) is 5.34. The van der Waals surface area contributed by atoms with E-state index in [1.165, 1.54) is 19.3 Å². The third kappa shape index (κ3) is 5.05. The highest BCUT2D eigenvalue weighted by Crippen LogP contribution is 2.27. The number of carbonyl (C=O) groups is 1. The molecule has 2 aromatic carbocycles. The summed E-state index contributed by atoms with van der Waals surface area (Å²) in [5.41, 5.74) is 10.5. The number of pyridine rings is 1. The van der Waals surface area contributed by atoms with Crippen molar-refractivity contribution >= 4 is 17.3 Å². The Bertz CT molecular complexity index is 1170. The minimum atomic E-state index is -0.243. The van der Waals surface area contributed by atoms with Crippen LogP contribution < -0.4 is 11.1 Å². The number of likely N-dealkylation sites (tertiary alicyclic amines) is 1. The lowest BCUT2D eigenvalue weighted by atomic mass is 9.96. The third-order valence-electron chi connectivity index (χ3n) is 6.44. The molecule has 3 N–H and O–H groups in total. The molecule has 0 saturated carbocycles. The van der Waals surface area contributed by atoms with E-state index in [-0.39, 0.29) is 5.91 Å². The van der Waals surface area contributed by atoms with E-state index in [1.807, 2.05) is 36.5 Å². The highest BCUT2D eigenvalue weighted by atomic mass is 16.1. The normalized spacial score (nSPS) is 18.5. The van der Waals surface area contributed by atoms with Gasteiger partial charge in [0.2, 0.25) is 0 Å². The van der Waals surface area contributed by atoms with Crippen LogP contribution in [0.25, 0.3) is 11.3 Å². The van der Waals surface area contributed by atoms with E-state index in [0.29, 0.717) is 40.3 Å². The molecule has 33 heavy (non-hydrogen) atoms. The molecule has 168 valence electrons.